The molecule has 0 aromatic rings. The standard InChI is InChI=1S/C8H10Cl3NSi/c9-13(10,11)8-2-1-6(4-8)3-7(8)5-12/h6-7H,1-4H2. The minimum atomic E-state index is -2.72. The van der Waals surface area contributed by atoms with Crippen molar-refractivity contribution in [1.29, 1.82) is 5.26 Å². The summed E-state index contributed by atoms with van der Waals surface area (Å²) in [6, 6.07) is -0.399. The zero-order chi connectivity index (χ0) is 9.69. The molecular weight excluding hydrogens is 245 g/mol. The van der Waals surface area contributed by atoms with Crippen LogP contribution >= 0.6 is 33.2 Å². The summed E-state index contributed by atoms with van der Waals surface area (Å²) in [6.07, 6.45) is 4.04. The highest BCUT2D eigenvalue weighted by molar-refractivity contribution is 7.65. The maximum Gasteiger partial charge on any atom is 0.348 e. The van der Waals surface area contributed by atoms with Gasteiger partial charge >= 0.3 is 6.00 Å². The fourth-order valence-electron chi connectivity index (χ4n) is 2.89. The fourth-order valence-corrected chi connectivity index (χ4v) is 7.14. The van der Waals surface area contributed by atoms with Crippen LogP contribution in [0.1, 0.15) is 25.7 Å². The van der Waals surface area contributed by atoms with Gasteiger partial charge in [0.1, 0.15) is 0 Å². The zero-order valence-corrected chi connectivity index (χ0v) is 10.3. The lowest BCUT2D eigenvalue weighted by Gasteiger charge is -2.35. The first-order chi connectivity index (χ1) is 5.99. The lowest BCUT2D eigenvalue weighted by Crippen LogP contribution is -2.35. The van der Waals surface area contributed by atoms with E-state index in [2.05, 4.69) is 6.07 Å². The lowest BCUT2D eigenvalue weighted by atomic mass is 9.89. The first kappa shape index (κ1) is 10.1. The topological polar surface area (TPSA) is 23.8 Å². The van der Waals surface area contributed by atoms with Crippen LogP contribution in [0, 0.1) is 23.2 Å². The van der Waals surface area contributed by atoms with Gasteiger partial charge in [-0.1, -0.05) is 0 Å². The molecule has 2 aliphatic rings. The smallest absolute Gasteiger partial charge is 0.198 e. The summed E-state index contributed by atoms with van der Waals surface area (Å²) in [7, 11) is 0. The van der Waals surface area contributed by atoms with E-state index in [-0.39, 0.29) is 11.0 Å². The van der Waals surface area contributed by atoms with E-state index in [4.69, 9.17) is 38.5 Å². The monoisotopic (exact) mass is 253 g/mol. The number of hydrogen-bond acceptors (Lipinski definition) is 1. The summed E-state index contributed by atoms with van der Waals surface area (Å²) in [5.41, 5.74) is 0. The van der Waals surface area contributed by atoms with Gasteiger partial charge < -0.3 is 0 Å². The molecule has 72 valence electrons. The molecule has 13 heavy (non-hydrogen) atoms. The van der Waals surface area contributed by atoms with Crippen molar-refractivity contribution in [2.24, 2.45) is 11.8 Å². The summed E-state index contributed by atoms with van der Waals surface area (Å²) in [5.74, 6) is 0.651. The summed E-state index contributed by atoms with van der Waals surface area (Å²) in [6.45, 7) is 0. The van der Waals surface area contributed by atoms with Crippen molar-refractivity contribution in [1.82, 2.24) is 0 Å². The number of rotatable bonds is 1. The maximum atomic E-state index is 9.01. The van der Waals surface area contributed by atoms with E-state index < -0.39 is 6.00 Å². The second kappa shape index (κ2) is 3.03. The Kier molecular flexibility index (Phi) is 2.36. The van der Waals surface area contributed by atoms with Crippen molar-refractivity contribution in [3.63, 3.8) is 0 Å². The summed E-state index contributed by atoms with van der Waals surface area (Å²) >= 11 is 18.3. The average Bonchev–Trinajstić information content (AvgIpc) is 2.59. The Labute approximate surface area is 93.1 Å². The molecular formula is C8H10Cl3NSi. The SMILES string of the molecule is N#CC1CC2CCC1([Si](Cl)(Cl)Cl)C2. The molecule has 3 atom stereocenters. The number of halogens is 3. The second-order valence-electron chi connectivity index (χ2n) is 4.18. The highest BCUT2D eigenvalue weighted by atomic mass is 35.8. The van der Waals surface area contributed by atoms with Crippen molar-refractivity contribution < 1.29 is 0 Å². The van der Waals surface area contributed by atoms with Crippen molar-refractivity contribution in [3.05, 3.63) is 0 Å². The molecule has 0 amide bonds. The van der Waals surface area contributed by atoms with Crippen LogP contribution in [0.4, 0.5) is 0 Å². The molecule has 0 spiro atoms. The minimum Gasteiger partial charge on any atom is -0.198 e. The van der Waals surface area contributed by atoms with Crippen LogP contribution < -0.4 is 0 Å². The molecule has 2 saturated carbocycles. The predicted molar refractivity (Wildman–Crippen MR) is 57.1 cm³/mol. The largest absolute Gasteiger partial charge is 0.348 e. The van der Waals surface area contributed by atoms with Crippen LogP contribution in [0.15, 0.2) is 0 Å². The highest BCUT2D eigenvalue weighted by Gasteiger charge is 2.63. The first-order valence-electron chi connectivity index (χ1n) is 4.46. The molecule has 2 bridgehead atoms. The van der Waals surface area contributed by atoms with E-state index in [9.17, 15) is 0 Å². The normalized spacial score (nSPS) is 43.5. The highest BCUT2D eigenvalue weighted by Crippen LogP contribution is 2.69. The molecule has 3 unspecified atom stereocenters. The Morgan fingerprint density at radius 3 is 2.46 bits per heavy atom. The van der Waals surface area contributed by atoms with E-state index in [0.717, 1.165) is 25.7 Å². The van der Waals surface area contributed by atoms with Gasteiger partial charge in [0.05, 0.1) is 12.0 Å². The third-order valence-electron chi connectivity index (χ3n) is 3.61. The van der Waals surface area contributed by atoms with Crippen LogP contribution in [0.2, 0.25) is 5.04 Å². The Morgan fingerprint density at radius 2 is 2.08 bits per heavy atom. The van der Waals surface area contributed by atoms with Gasteiger partial charge in [-0.05, 0) is 31.6 Å². The molecule has 0 aromatic heterocycles. The van der Waals surface area contributed by atoms with Crippen LogP contribution in [0.3, 0.4) is 0 Å². The Morgan fingerprint density at radius 1 is 1.38 bits per heavy atom. The average molecular weight is 255 g/mol. The lowest BCUT2D eigenvalue weighted by molar-refractivity contribution is 0.413. The third-order valence-corrected chi connectivity index (χ3v) is 8.93. The second-order valence-corrected chi connectivity index (χ2v) is 13.0. The van der Waals surface area contributed by atoms with Gasteiger partial charge in [0.25, 0.3) is 0 Å². The van der Waals surface area contributed by atoms with Gasteiger partial charge in [-0.25, -0.2) is 0 Å². The van der Waals surface area contributed by atoms with Crippen LogP contribution in [0.5, 0.6) is 0 Å². The van der Waals surface area contributed by atoms with Gasteiger partial charge in [0, 0.05) is 5.04 Å². The van der Waals surface area contributed by atoms with Crippen molar-refractivity contribution in [3.8, 4) is 6.07 Å². The van der Waals surface area contributed by atoms with Crippen molar-refractivity contribution in [2.45, 2.75) is 30.7 Å². The predicted octanol–water partition coefficient (Wildman–Crippen LogP) is 3.73. The molecule has 5 heteroatoms. The van der Waals surface area contributed by atoms with Gasteiger partial charge in [0.2, 0.25) is 0 Å². The Balaban J connectivity index is 2.35. The van der Waals surface area contributed by atoms with Crippen molar-refractivity contribution >= 4 is 39.2 Å². The first-order valence-corrected chi connectivity index (χ1v) is 9.49. The van der Waals surface area contributed by atoms with Crippen molar-refractivity contribution in [2.75, 3.05) is 0 Å². The van der Waals surface area contributed by atoms with Crippen LogP contribution in [-0.4, -0.2) is 6.00 Å². The summed E-state index contributed by atoms with van der Waals surface area (Å²) < 4.78 is 0. The molecule has 2 aliphatic carbocycles. The van der Waals surface area contributed by atoms with E-state index in [1.807, 2.05) is 0 Å². The molecule has 0 saturated heterocycles. The number of nitrogens with zero attached hydrogens (tertiary/aromatic N) is 1. The molecule has 0 aromatic carbocycles. The minimum absolute atomic E-state index is 0.00502. The Hall–Kier alpha value is 0.577. The van der Waals surface area contributed by atoms with E-state index in [0.29, 0.717) is 5.92 Å². The van der Waals surface area contributed by atoms with Gasteiger partial charge in [-0.3, -0.25) is 0 Å². The number of hydrogen-bond donors (Lipinski definition) is 0. The van der Waals surface area contributed by atoms with Crippen LogP contribution in [0.25, 0.3) is 0 Å². The summed E-state index contributed by atoms with van der Waals surface area (Å²) in [5, 5.41) is 8.80. The van der Waals surface area contributed by atoms with Gasteiger partial charge in [-0.2, -0.15) is 5.26 Å². The van der Waals surface area contributed by atoms with E-state index in [1.165, 1.54) is 0 Å². The third kappa shape index (κ3) is 1.33. The molecule has 2 fully saturated rings. The molecule has 0 heterocycles. The summed E-state index contributed by atoms with van der Waals surface area (Å²) in [4.78, 5) is 0. The quantitative estimate of drug-likeness (QED) is 0.517. The number of fused-ring (bicyclic) bond motifs is 2. The molecule has 1 nitrogen and oxygen atoms in total. The maximum absolute atomic E-state index is 9.01. The fraction of sp³-hybridized carbons (Fsp3) is 0.875. The number of nitriles is 1. The molecule has 2 rings (SSSR count). The molecule has 0 aliphatic heterocycles. The molecule has 0 N–H and O–H groups in total. The van der Waals surface area contributed by atoms with E-state index in [1.54, 1.807) is 0 Å². The van der Waals surface area contributed by atoms with Crippen LogP contribution in [-0.2, 0) is 0 Å². The van der Waals surface area contributed by atoms with Gasteiger partial charge in [-0.15, -0.1) is 33.2 Å². The van der Waals surface area contributed by atoms with Gasteiger partial charge in [0.15, 0.2) is 0 Å². The molecule has 0 radical (unpaired) electrons. The zero-order valence-electron chi connectivity index (χ0n) is 7.06. The van der Waals surface area contributed by atoms with E-state index >= 15 is 0 Å². The Bertz CT molecular complexity index is 270.